The first-order valence-electron chi connectivity index (χ1n) is 3.73. The van der Waals surface area contributed by atoms with E-state index in [1.54, 1.807) is 0 Å². The molecule has 0 bridgehead atoms. The first kappa shape index (κ1) is 8.24. The van der Waals surface area contributed by atoms with Crippen molar-refractivity contribution in [2.24, 2.45) is 5.84 Å². The summed E-state index contributed by atoms with van der Waals surface area (Å²) in [6, 6.07) is 10.3. The highest BCUT2D eigenvalue weighted by Crippen LogP contribution is 2.03. The van der Waals surface area contributed by atoms with E-state index in [2.05, 4.69) is 12.1 Å². The molecule has 2 nitrogen and oxygen atoms in total. The van der Waals surface area contributed by atoms with Crippen LogP contribution in [0.5, 0.6) is 0 Å². The van der Waals surface area contributed by atoms with E-state index in [0.29, 0.717) is 4.59 Å². The van der Waals surface area contributed by atoms with E-state index in [-0.39, 0.29) is 0 Å². The minimum atomic E-state index is 0.490. The van der Waals surface area contributed by atoms with E-state index in [0.717, 1.165) is 6.54 Å². The van der Waals surface area contributed by atoms with Crippen LogP contribution in [0.4, 0.5) is 0 Å². The number of rotatable bonds is 2. The van der Waals surface area contributed by atoms with Crippen molar-refractivity contribution in [1.29, 1.82) is 0 Å². The fourth-order valence-corrected chi connectivity index (χ4v) is 1.05. The first-order chi connectivity index (χ1) is 5.08. The summed E-state index contributed by atoms with van der Waals surface area (Å²) in [6.07, 6.45) is 0. The summed E-state index contributed by atoms with van der Waals surface area (Å²) in [5.74, 6) is 5.80. The smallest absolute Gasteiger partial charge is 0.121 e. The quantitative estimate of drug-likeness (QED) is 0.383. The van der Waals surface area contributed by atoms with Gasteiger partial charge in [-0.1, -0.05) is 30.3 Å². The minimum Gasteiger partial charge on any atom is -0.249 e. The molecule has 0 unspecified atom stereocenters. The molecule has 0 aliphatic carbocycles. The van der Waals surface area contributed by atoms with Crippen LogP contribution in [0.2, 0.25) is 0 Å². The van der Waals surface area contributed by atoms with Crippen LogP contribution < -0.4 is 5.84 Å². The van der Waals surface area contributed by atoms with E-state index in [9.17, 15) is 0 Å². The van der Waals surface area contributed by atoms with Crippen LogP contribution in [0.15, 0.2) is 30.3 Å². The molecule has 0 aromatic heterocycles. The molecule has 2 N–H and O–H groups in total. The maximum Gasteiger partial charge on any atom is 0.121 e. The zero-order chi connectivity index (χ0) is 8.32. The van der Waals surface area contributed by atoms with Gasteiger partial charge in [-0.25, -0.2) is 4.59 Å². The summed E-state index contributed by atoms with van der Waals surface area (Å²) >= 11 is 0. The Morgan fingerprint density at radius 3 is 2.18 bits per heavy atom. The number of nitrogens with two attached hydrogens (primary N) is 1. The maximum absolute atomic E-state index is 5.80. The van der Waals surface area contributed by atoms with Gasteiger partial charge in [-0.3, -0.25) is 0 Å². The summed E-state index contributed by atoms with van der Waals surface area (Å²) in [5, 5.41) is 0. The number of hydrogen-bond acceptors (Lipinski definition) is 1. The number of benzene rings is 1. The Morgan fingerprint density at radius 2 is 1.73 bits per heavy atom. The fraction of sp³-hybridized carbons (Fsp3) is 0.333. The summed E-state index contributed by atoms with van der Waals surface area (Å²) in [5.41, 5.74) is 1.28. The second kappa shape index (κ2) is 3.03. The highest BCUT2D eigenvalue weighted by atomic mass is 15.5. The fourth-order valence-electron chi connectivity index (χ4n) is 1.05. The van der Waals surface area contributed by atoms with E-state index in [1.165, 1.54) is 5.56 Å². The molecule has 0 heterocycles. The molecule has 2 heteroatoms. The molecule has 0 saturated heterocycles. The SMILES string of the molecule is C[N+](C)(N)Cc1ccccc1. The third-order valence-electron chi connectivity index (χ3n) is 1.43. The Kier molecular flexibility index (Phi) is 2.27. The van der Waals surface area contributed by atoms with E-state index < -0.39 is 0 Å². The summed E-state index contributed by atoms with van der Waals surface area (Å²) in [6.45, 7) is 0.876. The highest BCUT2D eigenvalue weighted by molar-refractivity contribution is 5.13. The van der Waals surface area contributed by atoms with E-state index in [4.69, 9.17) is 5.84 Å². The predicted octanol–water partition coefficient (Wildman–Crippen LogP) is 1.14. The topological polar surface area (TPSA) is 26.0 Å². The van der Waals surface area contributed by atoms with Crippen molar-refractivity contribution >= 4 is 0 Å². The van der Waals surface area contributed by atoms with Crippen LogP contribution in [-0.4, -0.2) is 18.7 Å². The molecule has 0 atom stereocenters. The van der Waals surface area contributed by atoms with E-state index in [1.807, 2.05) is 32.3 Å². The molecule has 0 spiro atoms. The number of hydrogen-bond donors (Lipinski definition) is 1. The summed E-state index contributed by atoms with van der Waals surface area (Å²) in [7, 11) is 3.96. The lowest BCUT2D eigenvalue weighted by molar-refractivity contribution is -0.915. The molecule has 1 aromatic rings. The standard InChI is InChI=1S/C9H15N2/c1-11(2,10)8-9-6-4-3-5-7-9/h3-7H,8,10H2,1-2H3/q+1. The van der Waals surface area contributed by atoms with Gasteiger partial charge >= 0.3 is 0 Å². The molecule has 1 rings (SSSR count). The van der Waals surface area contributed by atoms with Crippen LogP contribution >= 0.6 is 0 Å². The normalized spacial score (nSPS) is 11.5. The van der Waals surface area contributed by atoms with Gasteiger partial charge in [-0.2, -0.15) is 5.84 Å². The molecular formula is C9H15N2+. The molecule has 1 aromatic carbocycles. The van der Waals surface area contributed by atoms with Crippen molar-refractivity contribution in [2.45, 2.75) is 6.54 Å². The minimum absolute atomic E-state index is 0.490. The summed E-state index contributed by atoms with van der Waals surface area (Å²) < 4.78 is 0.490. The average molecular weight is 151 g/mol. The lowest BCUT2D eigenvalue weighted by Crippen LogP contribution is -2.45. The third kappa shape index (κ3) is 3.16. The molecule has 0 aliphatic heterocycles. The molecular weight excluding hydrogens is 136 g/mol. The average Bonchev–Trinajstić information content (AvgIpc) is 1.85. The van der Waals surface area contributed by atoms with Crippen LogP contribution in [0.1, 0.15) is 5.56 Å². The van der Waals surface area contributed by atoms with Gasteiger partial charge < -0.3 is 0 Å². The van der Waals surface area contributed by atoms with Crippen LogP contribution in [0.25, 0.3) is 0 Å². The molecule has 0 amide bonds. The van der Waals surface area contributed by atoms with Gasteiger partial charge in [-0.15, -0.1) is 0 Å². The number of nitrogens with zero attached hydrogens (tertiary/aromatic N) is 1. The zero-order valence-electron chi connectivity index (χ0n) is 7.12. The molecule has 0 radical (unpaired) electrons. The first-order valence-corrected chi connectivity index (χ1v) is 3.73. The maximum atomic E-state index is 5.80. The van der Waals surface area contributed by atoms with Gasteiger partial charge in [0.25, 0.3) is 0 Å². The van der Waals surface area contributed by atoms with Gasteiger partial charge in [0.2, 0.25) is 0 Å². The molecule has 60 valence electrons. The Balaban J connectivity index is 2.66. The molecule has 0 saturated carbocycles. The Morgan fingerprint density at radius 1 is 1.18 bits per heavy atom. The van der Waals surface area contributed by atoms with Crippen molar-refractivity contribution in [2.75, 3.05) is 14.1 Å². The molecule has 11 heavy (non-hydrogen) atoms. The number of quaternary nitrogens is 1. The Hall–Kier alpha value is -0.860. The predicted molar refractivity (Wildman–Crippen MR) is 46.4 cm³/mol. The van der Waals surface area contributed by atoms with Crippen molar-refractivity contribution in [3.8, 4) is 0 Å². The van der Waals surface area contributed by atoms with E-state index >= 15 is 0 Å². The van der Waals surface area contributed by atoms with Gasteiger partial charge in [0.05, 0.1) is 14.1 Å². The lowest BCUT2D eigenvalue weighted by atomic mass is 10.2. The Bertz CT molecular complexity index is 211. The van der Waals surface area contributed by atoms with Crippen molar-refractivity contribution < 1.29 is 4.59 Å². The zero-order valence-corrected chi connectivity index (χ0v) is 7.12. The third-order valence-corrected chi connectivity index (χ3v) is 1.43. The van der Waals surface area contributed by atoms with Gasteiger partial charge in [0.1, 0.15) is 6.54 Å². The largest absolute Gasteiger partial charge is 0.249 e. The Labute approximate surface area is 67.8 Å². The molecule has 0 fully saturated rings. The van der Waals surface area contributed by atoms with Gasteiger partial charge in [-0.05, 0) is 0 Å². The van der Waals surface area contributed by atoms with Crippen molar-refractivity contribution in [3.05, 3.63) is 35.9 Å². The molecule has 0 aliphatic rings. The lowest BCUT2D eigenvalue weighted by Gasteiger charge is -2.21. The van der Waals surface area contributed by atoms with Gasteiger partial charge in [0.15, 0.2) is 0 Å². The second-order valence-corrected chi connectivity index (χ2v) is 3.42. The monoisotopic (exact) mass is 151 g/mol. The second-order valence-electron chi connectivity index (χ2n) is 3.42. The van der Waals surface area contributed by atoms with Crippen LogP contribution in [-0.2, 0) is 6.54 Å². The highest BCUT2D eigenvalue weighted by Gasteiger charge is 2.07. The summed E-state index contributed by atoms with van der Waals surface area (Å²) in [4.78, 5) is 0. The van der Waals surface area contributed by atoms with Gasteiger partial charge in [0, 0.05) is 5.56 Å². The van der Waals surface area contributed by atoms with Crippen molar-refractivity contribution in [3.63, 3.8) is 0 Å². The van der Waals surface area contributed by atoms with Crippen LogP contribution in [0.3, 0.4) is 0 Å². The van der Waals surface area contributed by atoms with Crippen LogP contribution in [0, 0.1) is 0 Å². The van der Waals surface area contributed by atoms with Crippen molar-refractivity contribution in [1.82, 2.24) is 0 Å².